The number of benzene rings is 2. The number of alkyl halides is 3. The number of rotatable bonds is 8. The van der Waals surface area contributed by atoms with Crippen LogP contribution < -0.4 is 0 Å². The van der Waals surface area contributed by atoms with E-state index in [0.717, 1.165) is 28.6 Å². The molecule has 1 aromatic heterocycles. The zero-order chi connectivity index (χ0) is 28.8. The SMILES string of the molecule is CN([C@@H]1CCCc2c1cnn2CCC(=O)O)S(=O)(=O)c1cc(C(F)(F)F)cc(S(=O)(=O)c2ccc(F)cc2)c1. The maximum Gasteiger partial charge on any atom is 0.416 e. The van der Waals surface area contributed by atoms with E-state index >= 15 is 0 Å². The topological polar surface area (TPSA) is 127 Å². The molecule has 4 rings (SSSR count). The Bertz CT molecular complexity index is 1620. The first-order valence-corrected chi connectivity index (χ1v) is 14.5. The number of halogens is 4. The summed E-state index contributed by atoms with van der Waals surface area (Å²) in [5.41, 5.74) is -0.370. The molecule has 0 aliphatic heterocycles. The van der Waals surface area contributed by atoms with E-state index in [0.29, 0.717) is 48.7 Å². The van der Waals surface area contributed by atoms with E-state index in [-0.39, 0.29) is 13.0 Å². The minimum absolute atomic E-state index is 0.0616. The highest BCUT2D eigenvalue weighted by molar-refractivity contribution is 7.91. The largest absolute Gasteiger partial charge is 0.481 e. The first-order chi connectivity index (χ1) is 18.1. The third-order valence-electron chi connectivity index (χ3n) is 6.53. The van der Waals surface area contributed by atoms with Crippen LogP contribution in [-0.2, 0) is 43.8 Å². The maximum absolute atomic E-state index is 13.8. The van der Waals surface area contributed by atoms with Crippen LogP contribution in [0.15, 0.2) is 63.3 Å². The molecule has 0 unspecified atom stereocenters. The minimum Gasteiger partial charge on any atom is -0.481 e. The molecule has 0 fully saturated rings. The fourth-order valence-corrected chi connectivity index (χ4v) is 7.33. The van der Waals surface area contributed by atoms with E-state index in [9.17, 15) is 39.2 Å². The van der Waals surface area contributed by atoms with Gasteiger partial charge >= 0.3 is 12.1 Å². The van der Waals surface area contributed by atoms with Gasteiger partial charge in [0.1, 0.15) is 5.82 Å². The number of nitrogens with zero attached hydrogens (tertiary/aromatic N) is 3. The second-order valence-corrected chi connectivity index (χ2v) is 12.9. The van der Waals surface area contributed by atoms with E-state index in [1.807, 2.05) is 0 Å². The number of sulfonamides is 1. The van der Waals surface area contributed by atoms with Gasteiger partial charge in [0.05, 0.1) is 45.5 Å². The fourth-order valence-electron chi connectivity index (χ4n) is 4.49. The van der Waals surface area contributed by atoms with Crippen molar-refractivity contribution in [3.05, 3.63) is 71.3 Å². The average Bonchev–Trinajstić information content (AvgIpc) is 3.29. The van der Waals surface area contributed by atoms with Gasteiger partial charge in [-0.1, -0.05) is 0 Å². The van der Waals surface area contributed by atoms with E-state index in [2.05, 4.69) is 5.10 Å². The summed E-state index contributed by atoms with van der Waals surface area (Å²) in [4.78, 5) is 8.65. The number of carboxylic acid groups (broad SMARTS) is 1. The Labute approximate surface area is 221 Å². The lowest BCUT2D eigenvalue weighted by Crippen LogP contribution is -2.33. The van der Waals surface area contributed by atoms with Gasteiger partial charge < -0.3 is 5.11 Å². The molecule has 210 valence electrons. The molecule has 0 radical (unpaired) electrons. The molecule has 0 saturated carbocycles. The van der Waals surface area contributed by atoms with Crippen molar-refractivity contribution in [3.63, 3.8) is 0 Å². The predicted molar refractivity (Wildman–Crippen MR) is 128 cm³/mol. The van der Waals surface area contributed by atoms with Gasteiger partial charge in [-0.25, -0.2) is 21.2 Å². The number of carbonyl (C=O) groups is 1. The monoisotopic (exact) mass is 589 g/mol. The summed E-state index contributed by atoms with van der Waals surface area (Å²) in [7, 11) is -8.14. The fraction of sp³-hybridized carbons (Fsp3) is 0.333. The van der Waals surface area contributed by atoms with E-state index < -0.39 is 64.1 Å². The van der Waals surface area contributed by atoms with Crippen molar-refractivity contribution >= 4 is 25.8 Å². The van der Waals surface area contributed by atoms with Crippen LogP contribution in [0.4, 0.5) is 17.6 Å². The maximum atomic E-state index is 13.8. The molecule has 0 spiro atoms. The summed E-state index contributed by atoms with van der Waals surface area (Å²) in [6, 6.07) is 3.92. The summed E-state index contributed by atoms with van der Waals surface area (Å²) in [6.07, 6.45) is -2.55. The molecule has 0 bridgehead atoms. The van der Waals surface area contributed by atoms with Gasteiger partial charge in [0.15, 0.2) is 0 Å². The summed E-state index contributed by atoms with van der Waals surface area (Å²) in [5, 5.41) is 13.1. The second kappa shape index (κ2) is 10.4. The van der Waals surface area contributed by atoms with Crippen LogP contribution in [0.25, 0.3) is 0 Å². The third-order valence-corrected chi connectivity index (χ3v) is 10.1. The molecule has 2 aromatic carbocycles. The van der Waals surface area contributed by atoms with Crippen molar-refractivity contribution in [2.45, 2.75) is 59.1 Å². The van der Waals surface area contributed by atoms with Gasteiger partial charge in [-0.05, 0) is 61.7 Å². The molecule has 1 aliphatic carbocycles. The van der Waals surface area contributed by atoms with Crippen LogP contribution in [-0.4, -0.2) is 49.0 Å². The number of fused-ring (bicyclic) bond motifs is 1. The Kier molecular flexibility index (Phi) is 7.62. The van der Waals surface area contributed by atoms with Gasteiger partial charge in [0, 0.05) is 18.3 Å². The number of sulfone groups is 1. The van der Waals surface area contributed by atoms with Gasteiger partial charge in [-0.2, -0.15) is 22.6 Å². The van der Waals surface area contributed by atoms with Crippen LogP contribution in [0.5, 0.6) is 0 Å². The average molecular weight is 590 g/mol. The predicted octanol–water partition coefficient (Wildman–Crippen LogP) is 4.05. The summed E-state index contributed by atoms with van der Waals surface area (Å²) >= 11 is 0. The number of aliphatic carboxylic acids is 1. The Hall–Kier alpha value is -3.30. The molecule has 39 heavy (non-hydrogen) atoms. The molecular weight excluding hydrogens is 566 g/mol. The second-order valence-electron chi connectivity index (χ2n) is 8.99. The van der Waals surface area contributed by atoms with Crippen molar-refractivity contribution in [3.8, 4) is 0 Å². The molecule has 15 heteroatoms. The van der Waals surface area contributed by atoms with Crippen molar-refractivity contribution in [2.24, 2.45) is 0 Å². The van der Waals surface area contributed by atoms with Crippen molar-refractivity contribution in [1.29, 1.82) is 0 Å². The molecule has 1 N–H and O–H groups in total. The van der Waals surface area contributed by atoms with Gasteiger partial charge in [-0.15, -0.1) is 0 Å². The molecule has 1 atom stereocenters. The van der Waals surface area contributed by atoms with Gasteiger partial charge in [-0.3, -0.25) is 9.48 Å². The summed E-state index contributed by atoms with van der Waals surface area (Å²) < 4.78 is 110. The molecule has 3 aromatic rings. The van der Waals surface area contributed by atoms with Gasteiger partial charge in [0.2, 0.25) is 19.9 Å². The Morgan fingerprint density at radius 1 is 1.08 bits per heavy atom. The highest BCUT2D eigenvalue weighted by atomic mass is 32.2. The van der Waals surface area contributed by atoms with Crippen LogP contribution in [0, 0.1) is 5.82 Å². The zero-order valence-electron chi connectivity index (χ0n) is 20.4. The van der Waals surface area contributed by atoms with Crippen molar-refractivity contribution < 1.29 is 44.3 Å². The lowest BCUT2D eigenvalue weighted by atomic mass is 9.93. The van der Waals surface area contributed by atoms with E-state index in [1.165, 1.54) is 17.9 Å². The molecule has 1 aliphatic rings. The quantitative estimate of drug-likeness (QED) is 0.310. The van der Waals surface area contributed by atoms with Gasteiger partial charge in [0.25, 0.3) is 0 Å². The summed E-state index contributed by atoms with van der Waals surface area (Å²) in [6.45, 7) is 0.0616. The van der Waals surface area contributed by atoms with Crippen LogP contribution in [0.2, 0.25) is 0 Å². The van der Waals surface area contributed by atoms with Crippen LogP contribution in [0.3, 0.4) is 0 Å². The standard InChI is InChI=1S/C24H23F4N3O6S2/c1-30(21-3-2-4-22-20(21)14-29-31(22)10-9-23(32)33)39(36,37)19-12-15(24(26,27)28)11-18(13-19)38(34,35)17-7-5-16(25)6-8-17/h5-8,11-14,21H,2-4,9-10H2,1H3,(H,32,33)/t21-/m1/s1. The molecule has 1 heterocycles. The minimum atomic E-state index is -5.07. The van der Waals surface area contributed by atoms with Crippen molar-refractivity contribution in [1.82, 2.24) is 14.1 Å². The van der Waals surface area contributed by atoms with Crippen LogP contribution in [0.1, 0.15) is 42.1 Å². The Morgan fingerprint density at radius 2 is 1.72 bits per heavy atom. The first kappa shape index (κ1) is 28.7. The highest BCUT2D eigenvalue weighted by Gasteiger charge is 2.38. The molecule has 0 saturated heterocycles. The summed E-state index contributed by atoms with van der Waals surface area (Å²) in [5.74, 6) is -1.80. The molecule has 9 nitrogen and oxygen atoms in total. The Morgan fingerprint density at radius 3 is 2.33 bits per heavy atom. The normalized spacial score (nSPS) is 16.3. The molecule has 0 amide bonds. The van der Waals surface area contributed by atoms with Crippen molar-refractivity contribution in [2.75, 3.05) is 7.05 Å². The van der Waals surface area contributed by atoms with Crippen LogP contribution >= 0.6 is 0 Å². The number of aryl methyl sites for hydroxylation is 1. The number of hydrogen-bond donors (Lipinski definition) is 1. The van der Waals surface area contributed by atoms with E-state index in [1.54, 1.807) is 0 Å². The third kappa shape index (κ3) is 5.70. The lowest BCUT2D eigenvalue weighted by Gasteiger charge is -2.31. The molecular formula is C24H23F4N3O6S2. The first-order valence-electron chi connectivity index (χ1n) is 11.6. The smallest absolute Gasteiger partial charge is 0.416 e. The zero-order valence-corrected chi connectivity index (χ0v) is 22.0. The highest BCUT2D eigenvalue weighted by Crippen LogP contribution is 2.39. The number of carboxylic acids is 1. The number of hydrogen-bond acceptors (Lipinski definition) is 6. The number of aromatic nitrogens is 2. The lowest BCUT2D eigenvalue weighted by molar-refractivity contribution is -0.138. The Balaban J connectivity index is 1.78. The van der Waals surface area contributed by atoms with E-state index in [4.69, 9.17) is 5.11 Å².